The van der Waals surface area contributed by atoms with Crippen LogP contribution in [0, 0.1) is 0 Å². The third-order valence-electron chi connectivity index (χ3n) is 5.78. The van der Waals surface area contributed by atoms with Gasteiger partial charge in [-0.2, -0.15) is 5.10 Å². The molecule has 26 heavy (non-hydrogen) atoms. The SMILES string of the molecule is CCN1CCN(CCCCNC(=O)N[C@@H]2CCCc3c2cnn3C)CC1. The molecule has 1 aromatic rings. The fourth-order valence-electron chi connectivity index (χ4n) is 4.06. The quantitative estimate of drug-likeness (QED) is 0.722. The third-order valence-corrected chi connectivity index (χ3v) is 5.78. The van der Waals surface area contributed by atoms with E-state index in [0.29, 0.717) is 0 Å². The Hall–Kier alpha value is -1.60. The maximum atomic E-state index is 12.2. The summed E-state index contributed by atoms with van der Waals surface area (Å²) in [7, 11) is 1.98. The number of piperazine rings is 1. The average molecular weight is 363 g/mol. The number of unbranched alkanes of at least 4 members (excludes halogenated alkanes) is 1. The van der Waals surface area contributed by atoms with Crippen LogP contribution in [0.3, 0.4) is 0 Å². The Labute approximate surface area is 157 Å². The maximum absolute atomic E-state index is 12.2. The predicted molar refractivity (Wildman–Crippen MR) is 103 cm³/mol. The Morgan fingerprint density at radius 3 is 2.77 bits per heavy atom. The van der Waals surface area contributed by atoms with Crippen LogP contribution in [0.15, 0.2) is 6.20 Å². The number of nitrogens with zero attached hydrogens (tertiary/aromatic N) is 4. The summed E-state index contributed by atoms with van der Waals surface area (Å²) < 4.78 is 1.93. The molecule has 0 spiro atoms. The number of nitrogens with one attached hydrogen (secondary N) is 2. The van der Waals surface area contributed by atoms with Crippen molar-refractivity contribution in [2.75, 3.05) is 45.8 Å². The number of carbonyl (C=O) groups is 1. The Morgan fingerprint density at radius 1 is 1.23 bits per heavy atom. The smallest absolute Gasteiger partial charge is 0.315 e. The first-order valence-corrected chi connectivity index (χ1v) is 10.2. The molecule has 0 unspecified atom stereocenters. The number of fused-ring (bicyclic) bond motifs is 1. The molecule has 0 radical (unpaired) electrons. The number of carbonyl (C=O) groups excluding carboxylic acids is 1. The van der Waals surface area contributed by atoms with Crippen molar-refractivity contribution in [2.24, 2.45) is 7.05 Å². The van der Waals surface area contributed by atoms with Crippen molar-refractivity contribution in [1.82, 2.24) is 30.2 Å². The number of amides is 2. The van der Waals surface area contributed by atoms with Gasteiger partial charge in [0.15, 0.2) is 0 Å². The highest BCUT2D eigenvalue weighted by atomic mass is 16.2. The Morgan fingerprint density at radius 2 is 2.00 bits per heavy atom. The second-order valence-corrected chi connectivity index (χ2v) is 7.50. The first-order valence-electron chi connectivity index (χ1n) is 10.2. The molecule has 1 saturated heterocycles. The number of aromatic nitrogens is 2. The minimum atomic E-state index is -0.0525. The van der Waals surface area contributed by atoms with Crippen LogP contribution in [0.2, 0.25) is 0 Å². The lowest BCUT2D eigenvalue weighted by molar-refractivity contribution is 0.135. The van der Waals surface area contributed by atoms with E-state index in [4.69, 9.17) is 0 Å². The highest BCUT2D eigenvalue weighted by molar-refractivity contribution is 5.74. The van der Waals surface area contributed by atoms with Crippen LogP contribution in [-0.2, 0) is 13.5 Å². The molecular weight excluding hydrogens is 328 g/mol. The Kier molecular flexibility index (Phi) is 6.91. The zero-order chi connectivity index (χ0) is 18.4. The molecule has 2 amide bonds. The molecule has 2 N–H and O–H groups in total. The molecular formula is C19H34N6O. The van der Waals surface area contributed by atoms with Gasteiger partial charge in [0.1, 0.15) is 0 Å². The topological polar surface area (TPSA) is 65.4 Å². The number of hydrogen-bond donors (Lipinski definition) is 2. The van der Waals surface area contributed by atoms with E-state index in [1.54, 1.807) is 0 Å². The van der Waals surface area contributed by atoms with Crippen LogP contribution < -0.4 is 10.6 Å². The van der Waals surface area contributed by atoms with Crippen molar-refractivity contribution in [2.45, 2.75) is 45.1 Å². The van der Waals surface area contributed by atoms with Crippen molar-refractivity contribution in [3.8, 4) is 0 Å². The number of urea groups is 1. The van der Waals surface area contributed by atoms with Gasteiger partial charge >= 0.3 is 6.03 Å². The zero-order valence-electron chi connectivity index (χ0n) is 16.3. The van der Waals surface area contributed by atoms with Crippen LogP contribution >= 0.6 is 0 Å². The van der Waals surface area contributed by atoms with Gasteiger partial charge in [0.05, 0.1) is 12.2 Å². The maximum Gasteiger partial charge on any atom is 0.315 e. The van der Waals surface area contributed by atoms with Crippen LogP contribution in [0.4, 0.5) is 4.79 Å². The molecule has 3 rings (SSSR count). The van der Waals surface area contributed by atoms with Crippen LogP contribution in [-0.4, -0.2) is 71.4 Å². The fraction of sp³-hybridized carbons (Fsp3) is 0.789. The molecule has 0 aromatic carbocycles. The van der Waals surface area contributed by atoms with Crippen LogP contribution in [0.1, 0.15) is 49.9 Å². The van der Waals surface area contributed by atoms with Gasteiger partial charge < -0.3 is 20.4 Å². The summed E-state index contributed by atoms with van der Waals surface area (Å²) in [6, 6.07) is 0.0468. The Bertz CT molecular complexity index is 579. The fourth-order valence-corrected chi connectivity index (χ4v) is 4.06. The molecule has 0 saturated carbocycles. The van der Waals surface area contributed by atoms with E-state index in [1.165, 1.54) is 37.4 Å². The summed E-state index contributed by atoms with van der Waals surface area (Å²) in [5.41, 5.74) is 2.44. The first-order chi connectivity index (χ1) is 12.7. The average Bonchev–Trinajstić information content (AvgIpc) is 3.04. The van der Waals surface area contributed by atoms with Gasteiger partial charge in [-0.3, -0.25) is 4.68 Å². The number of rotatable bonds is 7. The second kappa shape index (κ2) is 9.37. The highest BCUT2D eigenvalue weighted by Crippen LogP contribution is 2.28. The van der Waals surface area contributed by atoms with E-state index in [1.807, 2.05) is 17.9 Å². The molecule has 146 valence electrons. The summed E-state index contributed by atoms with van der Waals surface area (Å²) in [4.78, 5) is 17.2. The van der Waals surface area contributed by atoms with Gasteiger partial charge in [-0.1, -0.05) is 6.92 Å². The molecule has 0 bridgehead atoms. The van der Waals surface area contributed by atoms with E-state index in [2.05, 4.69) is 32.5 Å². The molecule has 1 fully saturated rings. The summed E-state index contributed by atoms with van der Waals surface area (Å²) in [6.45, 7) is 10.0. The summed E-state index contributed by atoms with van der Waals surface area (Å²) in [5.74, 6) is 0. The minimum absolute atomic E-state index is 0.0525. The van der Waals surface area contributed by atoms with Crippen LogP contribution in [0.5, 0.6) is 0 Å². The van der Waals surface area contributed by atoms with E-state index < -0.39 is 0 Å². The van der Waals surface area contributed by atoms with E-state index >= 15 is 0 Å². The van der Waals surface area contributed by atoms with Gasteiger partial charge in [-0.15, -0.1) is 0 Å². The number of hydrogen-bond acceptors (Lipinski definition) is 4. The van der Waals surface area contributed by atoms with Crippen molar-refractivity contribution >= 4 is 6.03 Å². The van der Waals surface area contributed by atoms with Crippen molar-refractivity contribution in [1.29, 1.82) is 0 Å². The van der Waals surface area contributed by atoms with Gasteiger partial charge in [0.2, 0.25) is 0 Å². The second-order valence-electron chi connectivity index (χ2n) is 7.50. The van der Waals surface area contributed by atoms with Gasteiger partial charge in [-0.25, -0.2) is 4.79 Å². The largest absolute Gasteiger partial charge is 0.338 e. The zero-order valence-corrected chi connectivity index (χ0v) is 16.3. The van der Waals surface area contributed by atoms with Crippen LogP contribution in [0.25, 0.3) is 0 Å². The lowest BCUT2D eigenvalue weighted by Gasteiger charge is -2.34. The monoisotopic (exact) mass is 362 g/mol. The normalized spacial score (nSPS) is 21.4. The van der Waals surface area contributed by atoms with E-state index in [9.17, 15) is 4.79 Å². The molecule has 7 heteroatoms. The summed E-state index contributed by atoms with van der Waals surface area (Å²) in [5, 5.41) is 10.5. The number of aryl methyl sites for hydroxylation is 1. The van der Waals surface area contributed by atoms with Crippen molar-refractivity contribution < 1.29 is 4.79 Å². The highest BCUT2D eigenvalue weighted by Gasteiger charge is 2.24. The van der Waals surface area contributed by atoms with E-state index in [-0.39, 0.29) is 12.1 Å². The first kappa shape index (κ1) is 19.2. The third kappa shape index (κ3) is 4.98. The minimum Gasteiger partial charge on any atom is -0.338 e. The Balaban J connectivity index is 1.29. The predicted octanol–water partition coefficient (Wildman–Crippen LogP) is 1.51. The van der Waals surface area contributed by atoms with Gasteiger partial charge in [0, 0.05) is 51.0 Å². The standard InChI is InChI=1S/C19H34N6O/c1-3-24-11-13-25(14-12-24)10-5-4-9-20-19(26)22-17-7-6-8-18-16(17)15-21-23(18)2/h15,17H,3-14H2,1-2H3,(H2,20,22,26)/t17-/m1/s1. The molecule has 1 aliphatic carbocycles. The van der Waals surface area contributed by atoms with Crippen molar-refractivity contribution in [3.63, 3.8) is 0 Å². The van der Waals surface area contributed by atoms with E-state index in [0.717, 1.165) is 51.7 Å². The van der Waals surface area contributed by atoms with Gasteiger partial charge in [0.25, 0.3) is 0 Å². The summed E-state index contributed by atoms with van der Waals surface area (Å²) in [6.07, 6.45) is 7.22. The molecule has 2 aliphatic rings. The lowest BCUT2D eigenvalue weighted by Crippen LogP contribution is -2.46. The summed E-state index contributed by atoms with van der Waals surface area (Å²) >= 11 is 0. The molecule has 1 aromatic heterocycles. The number of likely N-dealkylation sites (N-methyl/N-ethyl adjacent to an activating group) is 1. The van der Waals surface area contributed by atoms with Gasteiger partial charge in [-0.05, 0) is 45.2 Å². The molecule has 2 heterocycles. The molecule has 1 aliphatic heterocycles. The lowest BCUT2D eigenvalue weighted by atomic mass is 9.93. The molecule has 1 atom stereocenters. The molecule has 7 nitrogen and oxygen atoms in total. The van der Waals surface area contributed by atoms with Crippen molar-refractivity contribution in [3.05, 3.63) is 17.5 Å².